The third-order valence-electron chi connectivity index (χ3n) is 4.73. The number of carbonyl (C=O) groups is 1. The second-order valence-electron chi connectivity index (χ2n) is 6.89. The van der Waals surface area contributed by atoms with Gasteiger partial charge in [-0.15, -0.1) is 11.3 Å². The van der Waals surface area contributed by atoms with Crippen molar-refractivity contribution in [2.24, 2.45) is 0 Å². The van der Waals surface area contributed by atoms with Crippen molar-refractivity contribution in [2.75, 3.05) is 17.2 Å². The van der Waals surface area contributed by atoms with Gasteiger partial charge >= 0.3 is 0 Å². The van der Waals surface area contributed by atoms with Gasteiger partial charge in [0.05, 0.1) is 5.39 Å². The number of benzene rings is 2. The minimum absolute atomic E-state index is 0.104. The second kappa shape index (κ2) is 9.00. The largest absolute Gasteiger partial charge is 0.369 e. The number of rotatable bonds is 7. The standard InChI is InChI=1S/C23H21FN4OS/c1-15-20(16-6-3-2-4-7-16)21-22(26-14-27-23(21)30-15)25-13-5-8-19(29)28-18-11-9-17(24)10-12-18/h2-4,6-7,9-12,14H,5,8,13H2,1H3,(H,28,29)(H,25,26,27). The number of nitrogens with zero attached hydrogens (tertiary/aromatic N) is 2. The highest BCUT2D eigenvalue weighted by atomic mass is 32.1. The van der Waals surface area contributed by atoms with E-state index >= 15 is 0 Å². The minimum Gasteiger partial charge on any atom is -0.369 e. The molecule has 0 spiro atoms. The molecule has 0 aliphatic rings. The summed E-state index contributed by atoms with van der Waals surface area (Å²) in [6, 6.07) is 16.0. The van der Waals surface area contributed by atoms with Gasteiger partial charge in [-0.2, -0.15) is 0 Å². The highest BCUT2D eigenvalue weighted by molar-refractivity contribution is 7.19. The van der Waals surface area contributed by atoms with Crippen LogP contribution in [-0.4, -0.2) is 22.4 Å². The lowest BCUT2D eigenvalue weighted by molar-refractivity contribution is -0.116. The molecule has 0 saturated heterocycles. The van der Waals surface area contributed by atoms with Crippen molar-refractivity contribution in [3.63, 3.8) is 0 Å². The van der Waals surface area contributed by atoms with E-state index in [9.17, 15) is 9.18 Å². The van der Waals surface area contributed by atoms with Crippen LogP contribution in [0, 0.1) is 12.7 Å². The minimum atomic E-state index is -0.327. The quantitative estimate of drug-likeness (QED) is 0.380. The molecule has 152 valence electrons. The van der Waals surface area contributed by atoms with Crippen LogP contribution in [0.2, 0.25) is 0 Å². The summed E-state index contributed by atoms with van der Waals surface area (Å²) in [6.45, 7) is 2.70. The summed E-state index contributed by atoms with van der Waals surface area (Å²) in [5.74, 6) is 0.349. The fraction of sp³-hybridized carbons (Fsp3) is 0.174. The van der Waals surface area contributed by atoms with E-state index in [0.717, 1.165) is 27.2 Å². The number of amides is 1. The number of nitrogens with one attached hydrogen (secondary N) is 2. The van der Waals surface area contributed by atoms with Crippen molar-refractivity contribution < 1.29 is 9.18 Å². The van der Waals surface area contributed by atoms with E-state index in [1.54, 1.807) is 29.8 Å². The van der Waals surface area contributed by atoms with Gasteiger partial charge in [-0.1, -0.05) is 30.3 Å². The highest BCUT2D eigenvalue weighted by Crippen LogP contribution is 2.40. The summed E-state index contributed by atoms with van der Waals surface area (Å²) < 4.78 is 13.0. The number of anilines is 2. The lowest BCUT2D eigenvalue weighted by Crippen LogP contribution is -2.13. The Kier molecular flexibility index (Phi) is 5.99. The Morgan fingerprint density at radius 1 is 1.07 bits per heavy atom. The van der Waals surface area contributed by atoms with Gasteiger partial charge in [-0.3, -0.25) is 4.79 Å². The van der Waals surface area contributed by atoms with Crippen LogP contribution < -0.4 is 10.6 Å². The van der Waals surface area contributed by atoms with Crippen LogP contribution in [-0.2, 0) is 4.79 Å². The Morgan fingerprint density at radius 3 is 2.60 bits per heavy atom. The third-order valence-corrected chi connectivity index (χ3v) is 5.74. The average Bonchev–Trinajstić information content (AvgIpc) is 3.10. The molecular weight excluding hydrogens is 399 g/mol. The Labute approximate surface area is 178 Å². The van der Waals surface area contributed by atoms with E-state index in [4.69, 9.17) is 0 Å². The number of aryl methyl sites for hydroxylation is 1. The summed E-state index contributed by atoms with van der Waals surface area (Å²) in [6.07, 6.45) is 2.56. The van der Waals surface area contributed by atoms with Crippen molar-refractivity contribution in [1.82, 2.24) is 9.97 Å². The number of halogens is 1. The van der Waals surface area contributed by atoms with Crippen LogP contribution in [0.3, 0.4) is 0 Å². The zero-order valence-electron chi connectivity index (χ0n) is 16.5. The van der Waals surface area contributed by atoms with E-state index < -0.39 is 0 Å². The Bertz CT molecular complexity index is 1160. The first kappa shape index (κ1) is 20.0. The topological polar surface area (TPSA) is 66.9 Å². The van der Waals surface area contributed by atoms with Crippen molar-refractivity contribution in [3.05, 3.63) is 71.6 Å². The SMILES string of the molecule is Cc1sc2ncnc(NCCCC(=O)Nc3ccc(F)cc3)c2c1-c1ccccc1. The predicted octanol–water partition coefficient (Wildman–Crippen LogP) is 5.64. The average molecular weight is 421 g/mol. The van der Waals surface area contributed by atoms with E-state index in [-0.39, 0.29) is 11.7 Å². The first-order chi connectivity index (χ1) is 14.6. The lowest BCUT2D eigenvalue weighted by Gasteiger charge is -2.09. The summed E-state index contributed by atoms with van der Waals surface area (Å²) in [4.78, 5) is 23.1. The van der Waals surface area contributed by atoms with Crippen LogP contribution >= 0.6 is 11.3 Å². The van der Waals surface area contributed by atoms with Gasteiger partial charge in [0.1, 0.15) is 22.8 Å². The fourth-order valence-electron chi connectivity index (χ4n) is 3.34. The van der Waals surface area contributed by atoms with Gasteiger partial charge < -0.3 is 10.6 Å². The number of hydrogen-bond acceptors (Lipinski definition) is 5. The Morgan fingerprint density at radius 2 is 1.83 bits per heavy atom. The smallest absolute Gasteiger partial charge is 0.224 e. The highest BCUT2D eigenvalue weighted by Gasteiger charge is 2.16. The van der Waals surface area contributed by atoms with Gasteiger partial charge in [-0.25, -0.2) is 14.4 Å². The van der Waals surface area contributed by atoms with E-state index in [0.29, 0.717) is 25.1 Å². The molecule has 0 aliphatic heterocycles. The number of aromatic nitrogens is 2. The van der Waals surface area contributed by atoms with Crippen LogP contribution in [0.15, 0.2) is 60.9 Å². The van der Waals surface area contributed by atoms with Crippen molar-refractivity contribution in [2.45, 2.75) is 19.8 Å². The van der Waals surface area contributed by atoms with Gasteiger partial charge in [0.15, 0.2) is 0 Å². The van der Waals surface area contributed by atoms with Crippen molar-refractivity contribution >= 4 is 39.0 Å². The normalized spacial score (nSPS) is 10.9. The van der Waals surface area contributed by atoms with Crippen molar-refractivity contribution in [3.8, 4) is 11.1 Å². The van der Waals surface area contributed by atoms with E-state index in [2.05, 4.69) is 39.7 Å². The zero-order valence-corrected chi connectivity index (χ0v) is 17.3. The van der Waals surface area contributed by atoms with Crippen LogP contribution in [0.1, 0.15) is 17.7 Å². The van der Waals surface area contributed by atoms with Gasteiger partial charge in [0.25, 0.3) is 0 Å². The Balaban J connectivity index is 1.42. The monoisotopic (exact) mass is 420 g/mol. The molecule has 0 aliphatic carbocycles. The summed E-state index contributed by atoms with van der Waals surface area (Å²) >= 11 is 1.65. The van der Waals surface area contributed by atoms with E-state index in [1.807, 2.05) is 18.2 Å². The lowest BCUT2D eigenvalue weighted by atomic mass is 10.0. The molecule has 0 unspecified atom stereocenters. The molecule has 7 heteroatoms. The molecule has 1 amide bonds. The van der Waals surface area contributed by atoms with E-state index in [1.165, 1.54) is 17.0 Å². The molecule has 4 rings (SSSR count). The molecule has 0 atom stereocenters. The van der Waals surface area contributed by atoms with Gasteiger partial charge in [-0.05, 0) is 43.2 Å². The van der Waals surface area contributed by atoms with Crippen LogP contribution in [0.25, 0.3) is 21.3 Å². The molecule has 2 N–H and O–H groups in total. The van der Waals surface area contributed by atoms with Gasteiger partial charge in [0.2, 0.25) is 5.91 Å². The molecule has 4 aromatic rings. The molecular formula is C23H21FN4OS. The predicted molar refractivity (Wildman–Crippen MR) is 120 cm³/mol. The first-order valence-corrected chi connectivity index (χ1v) is 10.5. The zero-order chi connectivity index (χ0) is 20.9. The van der Waals surface area contributed by atoms with Crippen LogP contribution in [0.4, 0.5) is 15.9 Å². The second-order valence-corrected chi connectivity index (χ2v) is 8.09. The first-order valence-electron chi connectivity index (χ1n) is 9.70. The molecule has 5 nitrogen and oxygen atoms in total. The number of hydrogen-bond donors (Lipinski definition) is 2. The molecule has 0 radical (unpaired) electrons. The molecule has 0 bridgehead atoms. The summed E-state index contributed by atoms with van der Waals surface area (Å²) in [7, 11) is 0. The summed E-state index contributed by atoms with van der Waals surface area (Å²) in [5, 5.41) is 7.15. The maximum Gasteiger partial charge on any atom is 0.224 e. The molecule has 0 saturated carbocycles. The van der Waals surface area contributed by atoms with Crippen molar-refractivity contribution in [1.29, 1.82) is 0 Å². The molecule has 30 heavy (non-hydrogen) atoms. The maximum absolute atomic E-state index is 13.0. The summed E-state index contributed by atoms with van der Waals surface area (Å²) in [5.41, 5.74) is 2.87. The maximum atomic E-state index is 13.0. The molecule has 2 aromatic heterocycles. The number of carbonyl (C=O) groups excluding carboxylic acids is 1. The Hall–Kier alpha value is -3.32. The number of fused-ring (bicyclic) bond motifs is 1. The molecule has 2 heterocycles. The number of thiophene rings is 1. The molecule has 0 fully saturated rings. The van der Waals surface area contributed by atoms with Crippen LogP contribution in [0.5, 0.6) is 0 Å². The third kappa shape index (κ3) is 4.46. The molecule has 2 aromatic carbocycles. The fourth-order valence-corrected chi connectivity index (χ4v) is 4.36. The van der Waals surface area contributed by atoms with Gasteiger partial charge in [0, 0.05) is 29.1 Å².